The number of hydrogen-bond acceptors (Lipinski definition) is 4. The maximum atomic E-state index is 13.3. The Morgan fingerprint density at radius 3 is 2.50 bits per heavy atom. The van der Waals surface area contributed by atoms with Crippen LogP contribution in [0.4, 0.5) is 20.9 Å². The summed E-state index contributed by atoms with van der Waals surface area (Å²) in [5.41, 5.74) is 3.60. The molecule has 2 N–H and O–H groups in total. The van der Waals surface area contributed by atoms with Crippen molar-refractivity contribution >= 4 is 33.8 Å². The average molecular weight is 389 g/mol. The smallest absolute Gasteiger partial charge is 0.255 e. The van der Waals surface area contributed by atoms with Gasteiger partial charge in [-0.25, -0.2) is 9.37 Å². The van der Waals surface area contributed by atoms with Gasteiger partial charge in [0.2, 0.25) is 0 Å². The third-order valence-corrected chi connectivity index (χ3v) is 4.79. The van der Waals surface area contributed by atoms with Gasteiger partial charge < -0.3 is 10.6 Å². The largest absolute Gasteiger partial charge is 0.331 e. The summed E-state index contributed by atoms with van der Waals surface area (Å²) in [6, 6.07) is 22.8. The molecule has 0 fully saturated rings. The second kappa shape index (κ2) is 8.02. The molecule has 0 radical (unpaired) electrons. The third-order valence-electron chi connectivity index (χ3n) is 4.03. The van der Waals surface area contributed by atoms with Crippen LogP contribution in [0.3, 0.4) is 0 Å². The van der Waals surface area contributed by atoms with E-state index < -0.39 is 0 Å². The summed E-state index contributed by atoms with van der Waals surface area (Å²) in [5.74, 6) is -0.465. The highest BCUT2D eigenvalue weighted by molar-refractivity contribution is 7.14. The lowest BCUT2D eigenvalue weighted by molar-refractivity contribution is 0.102. The fourth-order valence-electron chi connectivity index (χ4n) is 2.70. The zero-order valence-corrected chi connectivity index (χ0v) is 15.5. The second-order valence-electron chi connectivity index (χ2n) is 6.07. The number of rotatable bonds is 5. The third kappa shape index (κ3) is 4.24. The molecule has 6 heteroatoms. The molecule has 4 rings (SSSR count). The second-order valence-corrected chi connectivity index (χ2v) is 6.93. The van der Waals surface area contributed by atoms with Crippen LogP contribution in [0, 0.1) is 5.82 Å². The molecule has 0 aliphatic carbocycles. The molecule has 0 spiro atoms. The summed E-state index contributed by atoms with van der Waals surface area (Å²) in [7, 11) is 0. The number of nitrogens with one attached hydrogen (secondary N) is 2. The lowest BCUT2D eigenvalue weighted by Crippen LogP contribution is -2.11. The highest BCUT2D eigenvalue weighted by Gasteiger charge is 2.09. The molecule has 0 atom stereocenters. The molecule has 0 aliphatic heterocycles. The Labute approximate surface area is 165 Å². The van der Waals surface area contributed by atoms with Gasteiger partial charge in [0.1, 0.15) is 5.82 Å². The van der Waals surface area contributed by atoms with Crippen LogP contribution in [0.5, 0.6) is 0 Å². The summed E-state index contributed by atoms with van der Waals surface area (Å²) in [6.07, 6.45) is 0. The van der Waals surface area contributed by atoms with E-state index in [-0.39, 0.29) is 11.7 Å². The molecule has 3 aromatic carbocycles. The van der Waals surface area contributed by atoms with Gasteiger partial charge >= 0.3 is 0 Å². The molecular weight excluding hydrogens is 373 g/mol. The van der Waals surface area contributed by atoms with Gasteiger partial charge in [0.25, 0.3) is 5.91 Å². The predicted molar refractivity (Wildman–Crippen MR) is 112 cm³/mol. The number of benzene rings is 3. The molecule has 0 saturated carbocycles. The van der Waals surface area contributed by atoms with E-state index >= 15 is 0 Å². The molecule has 0 saturated heterocycles. The molecule has 138 valence electrons. The van der Waals surface area contributed by atoms with Crippen molar-refractivity contribution in [3.8, 4) is 11.3 Å². The van der Waals surface area contributed by atoms with Crippen molar-refractivity contribution in [1.82, 2.24) is 4.98 Å². The van der Waals surface area contributed by atoms with Gasteiger partial charge in [-0.3, -0.25) is 4.79 Å². The first-order valence-corrected chi connectivity index (χ1v) is 9.50. The van der Waals surface area contributed by atoms with Crippen molar-refractivity contribution in [2.45, 2.75) is 0 Å². The lowest BCUT2D eigenvalue weighted by atomic mass is 10.1. The van der Waals surface area contributed by atoms with Crippen LogP contribution in [-0.2, 0) is 0 Å². The Kier molecular flexibility index (Phi) is 5.12. The number of amides is 1. The van der Waals surface area contributed by atoms with E-state index in [2.05, 4.69) is 15.6 Å². The van der Waals surface area contributed by atoms with Gasteiger partial charge in [0, 0.05) is 27.9 Å². The number of hydrogen-bond donors (Lipinski definition) is 2. The van der Waals surface area contributed by atoms with E-state index in [9.17, 15) is 9.18 Å². The summed E-state index contributed by atoms with van der Waals surface area (Å²) in [6.45, 7) is 0. The minimum absolute atomic E-state index is 0.163. The number of nitrogens with zero attached hydrogens (tertiary/aromatic N) is 1. The maximum absolute atomic E-state index is 13.3. The first-order chi connectivity index (χ1) is 13.7. The van der Waals surface area contributed by atoms with Crippen LogP contribution >= 0.6 is 11.3 Å². The van der Waals surface area contributed by atoms with Crippen LogP contribution < -0.4 is 10.6 Å². The van der Waals surface area contributed by atoms with Crippen LogP contribution in [0.25, 0.3) is 11.3 Å². The van der Waals surface area contributed by atoms with Crippen molar-refractivity contribution in [3.05, 3.63) is 95.6 Å². The molecule has 0 bridgehead atoms. The zero-order chi connectivity index (χ0) is 19.3. The van der Waals surface area contributed by atoms with E-state index in [1.807, 2.05) is 47.8 Å². The Morgan fingerprint density at radius 1 is 0.893 bits per heavy atom. The Balaban J connectivity index is 1.50. The van der Waals surface area contributed by atoms with Gasteiger partial charge in [-0.2, -0.15) is 0 Å². The van der Waals surface area contributed by atoms with Crippen molar-refractivity contribution < 1.29 is 9.18 Å². The highest BCUT2D eigenvalue weighted by Crippen LogP contribution is 2.28. The van der Waals surface area contributed by atoms with Crippen LogP contribution in [0.1, 0.15) is 10.4 Å². The topological polar surface area (TPSA) is 54.0 Å². The van der Waals surface area contributed by atoms with E-state index in [1.165, 1.54) is 23.5 Å². The number of halogens is 1. The Morgan fingerprint density at radius 2 is 1.68 bits per heavy atom. The van der Waals surface area contributed by atoms with Crippen molar-refractivity contribution in [2.75, 3.05) is 10.6 Å². The molecule has 4 aromatic rings. The number of anilines is 3. The minimum Gasteiger partial charge on any atom is -0.331 e. The molecule has 0 unspecified atom stereocenters. The standard InChI is InChI=1S/C22H16FN3OS/c23-17-9-5-11-19(13-17)25-22-26-20(14-28-22)16-8-4-10-18(12-16)24-21(27)15-6-2-1-3-7-15/h1-14H,(H,24,27)(H,25,26). The molecule has 1 amide bonds. The fourth-order valence-corrected chi connectivity index (χ4v) is 3.44. The van der Waals surface area contributed by atoms with E-state index in [4.69, 9.17) is 0 Å². The van der Waals surface area contributed by atoms with Crippen LogP contribution in [-0.4, -0.2) is 10.9 Å². The summed E-state index contributed by atoms with van der Waals surface area (Å²) in [5, 5.41) is 8.58. The highest BCUT2D eigenvalue weighted by atomic mass is 32.1. The predicted octanol–water partition coefficient (Wildman–Crippen LogP) is 5.95. The number of thiazole rings is 1. The summed E-state index contributed by atoms with van der Waals surface area (Å²) in [4.78, 5) is 16.9. The first-order valence-electron chi connectivity index (χ1n) is 8.62. The Bertz CT molecular complexity index is 1110. The van der Waals surface area contributed by atoms with Crippen molar-refractivity contribution in [2.24, 2.45) is 0 Å². The van der Waals surface area contributed by atoms with Gasteiger partial charge in [0.05, 0.1) is 5.69 Å². The van der Waals surface area contributed by atoms with Gasteiger partial charge in [-0.1, -0.05) is 36.4 Å². The van der Waals surface area contributed by atoms with Crippen LogP contribution in [0.15, 0.2) is 84.2 Å². The lowest BCUT2D eigenvalue weighted by Gasteiger charge is -2.07. The molecule has 1 heterocycles. The quantitative estimate of drug-likeness (QED) is 0.444. The van der Waals surface area contributed by atoms with Gasteiger partial charge in [-0.05, 0) is 42.5 Å². The average Bonchev–Trinajstić information content (AvgIpc) is 3.17. The molecular formula is C22H16FN3OS. The van der Waals surface area contributed by atoms with Crippen molar-refractivity contribution in [3.63, 3.8) is 0 Å². The van der Waals surface area contributed by atoms with E-state index in [1.54, 1.807) is 24.3 Å². The van der Waals surface area contributed by atoms with E-state index in [0.717, 1.165) is 11.3 Å². The monoisotopic (exact) mass is 389 g/mol. The van der Waals surface area contributed by atoms with Gasteiger partial charge in [-0.15, -0.1) is 11.3 Å². The maximum Gasteiger partial charge on any atom is 0.255 e. The molecule has 0 aliphatic rings. The minimum atomic E-state index is -0.302. The summed E-state index contributed by atoms with van der Waals surface area (Å²) >= 11 is 1.43. The number of aromatic nitrogens is 1. The van der Waals surface area contributed by atoms with E-state index in [0.29, 0.717) is 22.1 Å². The SMILES string of the molecule is O=C(Nc1cccc(-c2csc(Nc3cccc(F)c3)n2)c1)c1ccccc1. The first kappa shape index (κ1) is 17.9. The number of carbonyl (C=O) groups is 1. The van der Waals surface area contributed by atoms with Crippen molar-refractivity contribution in [1.29, 1.82) is 0 Å². The van der Waals surface area contributed by atoms with Gasteiger partial charge in [0.15, 0.2) is 5.13 Å². The normalized spacial score (nSPS) is 10.5. The van der Waals surface area contributed by atoms with Crippen LogP contribution in [0.2, 0.25) is 0 Å². The molecule has 4 nitrogen and oxygen atoms in total. The summed E-state index contributed by atoms with van der Waals surface area (Å²) < 4.78 is 13.3. The molecule has 1 aromatic heterocycles. The number of carbonyl (C=O) groups excluding carboxylic acids is 1. The zero-order valence-electron chi connectivity index (χ0n) is 14.7. The fraction of sp³-hybridized carbons (Fsp3) is 0. The Hall–Kier alpha value is -3.51. The molecule has 28 heavy (non-hydrogen) atoms.